The fourth-order valence-electron chi connectivity index (χ4n) is 1.80. The molecule has 2 heterocycles. The molecule has 5 nitrogen and oxygen atoms in total. The van der Waals surface area contributed by atoms with Crippen LogP contribution in [0.2, 0.25) is 0 Å². The fourth-order valence-corrected chi connectivity index (χ4v) is 2.64. The van der Waals surface area contributed by atoms with Gasteiger partial charge in [0.15, 0.2) is 0 Å². The first kappa shape index (κ1) is 12.8. The minimum Gasteiger partial charge on any atom is -0.481 e. The lowest BCUT2D eigenvalue weighted by Gasteiger charge is -2.03. The summed E-state index contributed by atoms with van der Waals surface area (Å²) in [6.07, 6.45) is 2.92. The molecule has 6 heteroatoms. The Labute approximate surface area is 108 Å². The predicted octanol–water partition coefficient (Wildman–Crippen LogP) is 2.02. The van der Waals surface area contributed by atoms with Gasteiger partial charge in [0.1, 0.15) is 4.83 Å². The number of hydrogen-bond donors (Lipinski definition) is 1. The SMILES string of the molecule is Cc1cc2c(=O)n(CCCCC(=O)O)cnc2s1. The molecule has 0 saturated heterocycles. The van der Waals surface area contributed by atoms with E-state index in [9.17, 15) is 9.59 Å². The summed E-state index contributed by atoms with van der Waals surface area (Å²) in [5.74, 6) is -0.801. The summed E-state index contributed by atoms with van der Waals surface area (Å²) in [5, 5.41) is 9.18. The van der Waals surface area contributed by atoms with Gasteiger partial charge >= 0.3 is 5.97 Å². The number of carbonyl (C=O) groups is 1. The predicted molar refractivity (Wildman–Crippen MR) is 70.1 cm³/mol. The second kappa shape index (κ2) is 5.30. The molecular formula is C12H14N2O3S. The largest absolute Gasteiger partial charge is 0.481 e. The number of unbranched alkanes of at least 4 members (excludes halogenated alkanes) is 1. The molecule has 0 radical (unpaired) electrons. The third kappa shape index (κ3) is 2.76. The molecule has 18 heavy (non-hydrogen) atoms. The molecule has 0 aliphatic heterocycles. The normalized spacial score (nSPS) is 10.9. The molecule has 0 amide bonds. The van der Waals surface area contributed by atoms with Crippen LogP contribution >= 0.6 is 11.3 Å². The summed E-state index contributed by atoms with van der Waals surface area (Å²) in [5.41, 5.74) is -0.0420. The number of rotatable bonds is 5. The smallest absolute Gasteiger partial charge is 0.303 e. The van der Waals surface area contributed by atoms with E-state index >= 15 is 0 Å². The van der Waals surface area contributed by atoms with Gasteiger partial charge in [-0.15, -0.1) is 11.3 Å². The Hall–Kier alpha value is -1.69. The Morgan fingerprint density at radius 3 is 3.00 bits per heavy atom. The third-order valence-electron chi connectivity index (χ3n) is 2.68. The molecule has 0 aliphatic carbocycles. The van der Waals surface area contributed by atoms with Crippen molar-refractivity contribution >= 4 is 27.5 Å². The zero-order valence-electron chi connectivity index (χ0n) is 10.0. The van der Waals surface area contributed by atoms with Crippen LogP contribution in [0.15, 0.2) is 17.2 Å². The molecule has 0 unspecified atom stereocenters. The Kier molecular flexibility index (Phi) is 3.76. The molecule has 0 saturated carbocycles. The highest BCUT2D eigenvalue weighted by molar-refractivity contribution is 7.18. The lowest BCUT2D eigenvalue weighted by Crippen LogP contribution is -2.20. The van der Waals surface area contributed by atoms with E-state index in [-0.39, 0.29) is 12.0 Å². The lowest BCUT2D eigenvalue weighted by molar-refractivity contribution is -0.137. The first-order valence-corrected chi connectivity index (χ1v) is 6.57. The number of aliphatic carboxylic acids is 1. The van der Waals surface area contributed by atoms with Crippen molar-refractivity contribution in [1.29, 1.82) is 0 Å². The maximum absolute atomic E-state index is 12.1. The average molecular weight is 266 g/mol. The van der Waals surface area contributed by atoms with Crippen molar-refractivity contribution in [2.45, 2.75) is 32.7 Å². The van der Waals surface area contributed by atoms with E-state index in [4.69, 9.17) is 5.11 Å². The van der Waals surface area contributed by atoms with Crippen LogP contribution in [0.3, 0.4) is 0 Å². The van der Waals surface area contributed by atoms with Crippen LogP contribution in [-0.4, -0.2) is 20.6 Å². The molecule has 0 atom stereocenters. The highest BCUT2D eigenvalue weighted by atomic mass is 32.1. The van der Waals surface area contributed by atoms with Gasteiger partial charge in [-0.3, -0.25) is 14.2 Å². The van der Waals surface area contributed by atoms with Crippen molar-refractivity contribution < 1.29 is 9.90 Å². The second-order valence-corrected chi connectivity index (χ2v) is 5.40. The number of hydrogen-bond acceptors (Lipinski definition) is 4. The molecule has 0 spiro atoms. The quantitative estimate of drug-likeness (QED) is 0.840. The summed E-state index contributed by atoms with van der Waals surface area (Å²) in [6, 6.07) is 1.85. The fraction of sp³-hybridized carbons (Fsp3) is 0.417. The van der Waals surface area contributed by atoms with Crippen molar-refractivity contribution in [3.63, 3.8) is 0 Å². The summed E-state index contributed by atoms with van der Waals surface area (Å²) >= 11 is 1.51. The molecule has 0 fully saturated rings. The molecule has 1 N–H and O–H groups in total. The number of nitrogens with zero attached hydrogens (tertiary/aromatic N) is 2. The zero-order chi connectivity index (χ0) is 13.1. The van der Waals surface area contributed by atoms with Gasteiger partial charge in [-0.2, -0.15) is 0 Å². The van der Waals surface area contributed by atoms with Crippen LogP contribution in [0.4, 0.5) is 0 Å². The average Bonchev–Trinajstić information content (AvgIpc) is 2.68. The summed E-state index contributed by atoms with van der Waals surface area (Å²) < 4.78 is 1.55. The number of fused-ring (bicyclic) bond motifs is 1. The molecule has 0 bridgehead atoms. The lowest BCUT2D eigenvalue weighted by atomic mass is 10.2. The summed E-state index contributed by atoms with van der Waals surface area (Å²) in [6.45, 7) is 2.47. The Bertz CT molecular complexity index is 630. The number of aryl methyl sites for hydroxylation is 2. The van der Waals surface area contributed by atoms with Crippen molar-refractivity contribution in [3.05, 3.63) is 27.6 Å². The second-order valence-electron chi connectivity index (χ2n) is 4.17. The molecule has 2 rings (SSSR count). The van der Waals surface area contributed by atoms with E-state index < -0.39 is 5.97 Å². The number of carboxylic acids is 1. The van der Waals surface area contributed by atoms with Gasteiger partial charge in [0.05, 0.1) is 11.7 Å². The third-order valence-corrected chi connectivity index (χ3v) is 3.64. The van der Waals surface area contributed by atoms with Crippen LogP contribution < -0.4 is 5.56 Å². The van der Waals surface area contributed by atoms with E-state index in [0.29, 0.717) is 24.8 Å². The monoisotopic (exact) mass is 266 g/mol. The highest BCUT2D eigenvalue weighted by Gasteiger charge is 2.07. The topological polar surface area (TPSA) is 72.2 Å². The highest BCUT2D eigenvalue weighted by Crippen LogP contribution is 2.19. The zero-order valence-corrected chi connectivity index (χ0v) is 10.9. The first-order valence-electron chi connectivity index (χ1n) is 5.75. The van der Waals surface area contributed by atoms with E-state index in [1.165, 1.54) is 11.3 Å². The van der Waals surface area contributed by atoms with Gasteiger partial charge in [-0.1, -0.05) is 0 Å². The van der Waals surface area contributed by atoms with Crippen LogP contribution in [0.5, 0.6) is 0 Å². The minimum absolute atomic E-state index is 0.0420. The Morgan fingerprint density at radius 1 is 1.50 bits per heavy atom. The van der Waals surface area contributed by atoms with Crippen LogP contribution in [0.25, 0.3) is 10.2 Å². The van der Waals surface area contributed by atoms with Crippen LogP contribution in [-0.2, 0) is 11.3 Å². The van der Waals surface area contributed by atoms with E-state index in [2.05, 4.69) is 4.98 Å². The van der Waals surface area contributed by atoms with Crippen LogP contribution in [0, 0.1) is 6.92 Å². The molecule has 0 aromatic carbocycles. The standard InChI is InChI=1S/C12H14N2O3S/c1-8-6-9-11(18-8)13-7-14(12(9)17)5-3-2-4-10(15)16/h6-7H,2-5H2,1H3,(H,15,16). The van der Waals surface area contributed by atoms with Gasteiger partial charge in [-0.25, -0.2) is 4.98 Å². The van der Waals surface area contributed by atoms with E-state index in [1.54, 1.807) is 10.9 Å². The Balaban J connectivity index is 2.11. The molecular weight excluding hydrogens is 252 g/mol. The molecule has 96 valence electrons. The van der Waals surface area contributed by atoms with Gasteiger partial charge < -0.3 is 5.11 Å². The van der Waals surface area contributed by atoms with Crippen molar-refractivity contribution in [1.82, 2.24) is 9.55 Å². The van der Waals surface area contributed by atoms with Gasteiger partial charge in [0.2, 0.25) is 0 Å². The van der Waals surface area contributed by atoms with E-state index in [1.807, 2.05) is 13.0 Å². The van der Waals surface area contributed by atoms with Gasteiger partial charge in [0.25, 0.3) is 5.56 Å². The van der Waals surface area contributed by atoms with Crippen molar-refractivity contribution in [3.8, 4) is 0 Å². The maximum Gasteiger partial charge on any atom is 0.303 e. The maximum atomic E-state index is 12.1. The minimum atomic E-state index is -0.801. The van der Waals surface area contributed by atoms with Crippen molar-refractivity contribution in [2.24, 2.45) is 0 Å². The summed E-state index contributed by atoms with van der Waals surface area (Å²) in [4.78, 5) is 28.5. The van der Waals surface area contributed by atoms with E-state index in [0.717, 1.165) is 9.71 Å². The van der Waals surface area contributed by atoms with Gasteiger partial charge in [0, 0.05) is 17.8 Å². The molecule has 0 aliphatic rings. The number of aromatic nitrogens is 2. The summed E-state index contributed by atoms with van der Waals surface area (Å²) in [7, 11) is 0. The number of thiophene rings is 1. The van der Waals surface area contributed by atoms with Gasteiger partial charge in [-0.05, 0) is 25.8 Å². The molecule has 2 aromatic heterocycles. The van der Waals surface area contributed by atoms with Crippen molar-refractivity contribution in [2.75, 3.05) is 0 Å². The first-order chi connectivity index (χ1) is 8.58. The molecule has 2 aromatic rings. The number of carboxylic acid groups (broad SMARTS) is 1. The Morgan fingerprint density at radius 2 is 2.28 bits per heavy atom. The van der Waals surface area contributed by atoms with Crippen LogP contribution in [0.1, 0.15) is 24.1 Å².